The van der Waals surface area contributed by atoms with Crippen LogP contribution in [0.5, 0.6) is 0 Å². The monoisotopic (exact) mass is 495 g/mol. The topological polar surface area (TPSA) is 51.7 Å². The maximum absolute atomic E-state index is 12.7. The van der Waals surface area contributed by atoms with E-state index in [-0.39, 0.29) is 11.9 Å². The standard InChI is InChI=1S/C24H29ClF3N5O/c25-19-2-4-21(5-3-19)32-15-13-31(14-16-32)10-9-23(34)33-11-7-20(8-12-33)30-22-6-1-18(17-29-22)24(26,27)28/h1-6,17,20H,7-16H2,(H,29,30). The summed E-state index contributed by atoms with van der Waals surface area (Å²) in [5.41, 5.74) is 0.410. The largest absolute Gasteiger partial charge is 0.417 e. The maximum atomic E-state index is 12.7. The number of nitrogens with one attached hydrogen (secondary N) is 1. The lowest BCUT2D eigenvalue weighted by molar-refractivity contribution is -0.137. The molecular formula is C24H29ClF3N5O. The number of anilines is 2. The van der Waals surface area contributed by atoms with Gasteiger partial charge in [0, 0.05) is 75.2 Å². The first-order valence-electron chi connectivity index (χ1n) is 11.6. The quantitative estimate of drug-likeness (QED) is 0.645. The SMILES string of the molecule is O=C(CCN1CCN(c2ccc(Cl)cc2)CC1)N1CCC(Nc2ccc(C(F)(F)F)cn2)CC1. The van der Waals surface area contributed by atoms with Crippen molar-refractivity contribution in [3.05, 3.63) is 53.2 Å². The number of piperidine rings is 1. The molecular weight excluding hydrogens is 467 g/mol. The summed E-state index contributed by atoms with van der Waals surface area (Å²) in [7, 11) is 0. The molecule has 1 amide bonds. The number of carbonyl (C=O) groups excluding carboxylic acids is 1. The Hall–Kier alpha value is -2.52. The second-order valence-corrected chi connectivity index (χ2v) is 9.22. The van der Waals surface area contributed by atoms with Gasteiger partial charge in [0.2, 0.25) is 5.91 Å². The second kappa shape index (κ2) is 10.8. The molecule has 6 nitrogen and oxygen atoms in total. The fraction of sp³-hybridized carbons (Fsp3) is 0.500. The van der Waals surface area contributed by atoms with Crippen LogP contribution in [0.25, 0.3) is 0 Å². The third-order valence-electron chi connectivity index (χ3n) is 6.50. The molecule has 1 aromatic carbocycles. The molecule has 1 N–H and O–H groups in total. The molecule has 0 saturated carbocycles. The highest BCUT2D eigenvalue weighted by Gasteiger charge is 2.31. The lowest BCUT2D eigenvalue weighted by Gasteiger charge is -2.37. The predicted octanol–water partition coefficient (Wildman–Crippen LogP) is 4.37. The fourth-order valence-electron chi connectivity index (χ4n) is 4.42. The Morgan fingerprint density at radius 3 is 2.26 bits per heavy atom. The smallest absolute Gasteiger partial charge is 0.369 e. The van der Waals surface area contributed by atoms with Crippen LogP contribution in [-0.2, 0) is 11.0 Å². The van der Waals surface area contributed by atoms with Gasteiger partial charge in [-0.15, -0.1) is 0 Å². The summed E-state index contributed by atoms with van der Waals surface area (Å²) in [5.74, 6) is 0.585. The van der Waals surface area contributed by atoms with Crippen molar-refractivity contribution in [1.29, 1.82) is 0 Å². The van der Waals surface area contributed by atoms with Gasteiger partial charge in [-0.1, -0.05) is 11.6 Å². The molecule has 0 bridgehead atoms. The van der Waals surface area contributed by atoms with Crippen LogP contribution in [-0.4, -0.2) is 72.5 Å². The molecule has 184 valence electrons. The van der Waals surface area contributed by atoms with Crippen LogP contribution >= 0.6 is 11.6 Å². The Kier molecular flexibility index (Phi) is 7.83. The first kappa shape index (κ1) is 24.6. The Balaban J connectivity index is 1.15. The normalized spacial score (nSPS) is 18.2. The van der Waals surface area contributed by atoms with Gasteiger partial charge in [-0.3, -0.25) is 9.69 Å². The van der Waals surface area contributed by atoms with Crippen molar-refractivity contribution < 1.29 is 18.0 Å². The van der Waals surface area contributed by atoms with Gasteiger partial charge in [0.1, 0.15) is 5.82 Å². The number of hydrogen-bond donors (Lipinski definition) is 1. The number of amides is 1. The maximum Gasteiger partial charge on any atom is 0.417 e. The van der Waals surface area contributed by atoms with Crippen LogP contribution in [0.15, 0.2) is 42.6 Å². The number of piperazine rings is 1. The lowest BCUT2D eigenvalue weighted by atomic mass is 10.0. The molecule has 2 aromatic rings. The first-order valence-corrected chi connectivity index (χ1v) is 12.0. The summed E-state index contributed by atoms with van der Waals surface area (Å²) in [6, 6.07) is 10.4. The number of nitrogens with zero attached hydrogens (tertiary/aromatic N) is 4. The molecule has 2 aliphatic rings. The van der Waals surface area contributed by atoms with E-state index in [4.69, 9.17) is 11.6 Å². The first-order chi connectivity index (χ1) is 16.3. The molecule has 0 aliphatic carbocycles. The van der Waals surface area contributed by atoms with Crippen molar-refractivity contribution in [3.63, 3.8) is 0 Å². The van der Waals surface area contributed by atoms with Crippen molar-refractivity contribution in [2.75, 3.05) is 56.0 Å². The minimum atomic E-state index is -4.39. The van der Waals surface area contributed by atoms with Gasteiger partial charge in [0.25, 0.3) is 0 Å². The zero-order chi connectivity index (χ0) is 24.1. The molecule has 34 heavy (non-hydrogen) atoms. The van der Waals surface area contributed by atoms with E-state index in [9.17, 15) is 18.0 Å². The predicted molar refractivity (Wildman–Crippen MR) is 127 cm³/mol. The number of carbonyl (C=O) groups is 1. The number of halogens is 4. The highest BCUT2D eigenvalue weighted by atomic mass is 35.5. The molecule has 1 aromatic heterocycles. The summed E-state index contributed by atoms with van der Waals surface area (Å²) < 4.78 is 38.0. The Morgan fingerprint density at radius 2 is 1.68 bits per heavy atom. The summed E-state index contributed by atoms with van der Waals surface area (Å²) >= 11 is 5.97. The zero-order valence-electron chi connectivity index (χ0n) is 18.9. The van der Waals surface area contributed by atoms with E-state index in [1.807, 2.05) is 29.2 Å². The van der Waals surface area contributed by atoms with E-state index < -0.39 is 11.7 Å². The van der Waals surface area contributed by atoms with E-state index in [0.717, 1.165) is 62.9 Å². The Bertz CT molecular complexity index is 939. The van der Waals surface area contributed by atoms with Crippen molar-refractivity contribution in [2.24, 2.45) is 0 Å². The van der Waals surface area contributed by atoms with Gasteiger partial charge < -0.3 is 15.1 Å². The number of rotatable bonds is 6. The summed E-state index contributed by atoms with van der Waals surface area (Å²) in [4.78, 5) is 23.1. The molecule has 3 heterocycles. The Morgan fingerprint density at radius 1 is 1.00 bits per heavy atom. The van der Waals surface area contributed by atoms with Crippen LogP contribution in [0, 0.1) is 0 Å². The van der Waals surface area contributed by atoms with Gasteiger partial charge >= 0.3 is 6.18 Å². The van der Waals surface area contributed by atoms with Gasteiger partial charge in [0.15, 0.2) is 0 Å². The van der Waals surface area contributed by atoms with E-state index in [1.165, 1.54) is 11.8 Å². The number of hydrogen-bond acceptors (Lipinski definition) is 5. The van der Waals surface area contributed by atoms with Crippen LogP contribution in [0.4, 0.5) is 24.7 Å². The van der Waals surface area contributed by atoms with E-state index in [0.29, 0.717) is 25.3 Å². The average molecular weight is 496 g/mol. The highest BCUT2D eigenvalue weighted by Crippen LogP contribution is 2.29. The van der Waals surface area contributed by atoms with Crippen molar-refractivity contribution in [1.82, 2.24) is 14.8 Å². The summed E-state index contributed by atoms with van der Waals surface area (Å²) in [6.07, 6.45) is -1.56. The van der Waals surface area contributed by atoms with Gasteiger partial charge in [-0.2, -0.15) is 13.2 Å². The van der Waals surface area contributed by atoms with Gasteiger partial charge in [0.05, 0.1) is 5.56 Å². The minimum Gasteiger partial charge on any atom is -0.369 e. The van der Waals surface area contributed by atoms with Gasteiger partial charge in [-0.25, -0.2) is 4.98 Å². The molecule has 0 unspecified atom stereocenters. The third kappa shape index (κ3) is 6.54. The number of likely N-dealkylation sites (tertiary alicyclic amines) is 1. The molecule has 2 aliphatic heterocycles. The van der Waals surface area contributed by atoms with E-state index in [2.05, 4.69) is 20.1 Å². The number of pyridine rings is 1. The number of benzene rings is 1. The van der Waals surface area contributed by atoms with Gasteiger partial charge in [-0.05, 0) is 49.2 Å². The average Bonchev–Trinajstić information content (AvgIpc) is 2.84. The van der Waals surface area contributed by atoms with Crippen molar-refractivity contribution in [3.8, 4) is 0 Å². The molecule has 0 atom stereocenters. The minimum absolute atomic E-state index is 0.0919. The van der Waals surface area contributed by atoms with Crippen LogP contribution < -0.4 is 10.2 Å². The van der Waals surface area contributed by atoms with Crippen molar-refractivity contribution >= 4 is 29.0 Å². The molecule has 10 heteroatoms. The molecule has 2 fully saturated rings. The van der Waals surface area contributed by atoms with E-state index >= 15 is 0 Å². The van der Waals surface area contributed by atoms with Crippen LogP contribution in [0.2, 0.25) is 5.02 Å². The zero-order valence-corrected chi connectivity index (χ0v) is 19.7. The Labute approximate surface area is 202 Å². The summed E-state index contributed by atoms with van der Waals surface area (Å²) in [5, 5.41) is 3.92. The number of aromatic nitrogens is 1. The van der Waals surface area contributed by atoms with Crippen LogP contribution in [0.1, 0.15) is 24.8 Å². The fourth-order valence-corrected chi connectivity index (χ4v) is 4.55. The molecule has 2 saturated heterocycles. The third-order valence-corrected chi connectivity index (χ3v) is 6.75. The molecule has 0 spiro atoms. The number of alkyl halides is 3. The van der Waals surface area contributed by atoms with Crippen molar-refractivity contribution in [2.45, 2.75) is 31.5 Å². The molecule has 4 rings (SSSR count). The lowest BCUT2D eigenvalue weighted by Crippen LogP contribution is -2.48. The second-order valence-electron chi connectivity index (χ2n) is 8.78. The molecule has 0 radical (unpaired) electrons. The van der Waals surface area contributed by atoms with E-state index in [1.54, 1.807) is 0 Å². The summed E-state index contributed by atoms with van der Waals surface area (Å²) in [6.45, 7) is 5.71. The highest BCUT2D eigenvalue weighted by molar-refractivity contribution is 6.30. The van der Waals surface area contributed by atoms with Crippen LogP contribution in [0.3, 0.4) is 0 Å².